The molecule has 2 rings (SSSR count). The maximum atomic E-state index is 14.7. The summed E-state index contributed by atoms with van der Waals surface area (Å²) in [5, 5.41) is 0. The summed E-state index contributed by atoms with van der Waals surface area (Å²) in [6.07, 6.45) is 14.2. The first-order valence-electron chi connectivity index (χ1n) is 11.5. The molecular weight excluding hydrogens is 335 g/mol. The van der Waals surface area contributed by atoms with Crippen LogP contribution < -0.4 is 4.74 Å². The lowest BCUT2D eigenvalue weighted by atomic mass is 9.73. The van der Waals surface area contributed by atoms with E-state index < -0.39 is 6.17 Å². The van der Waals surface area contributed by atoms with E-state index in [0.29, 0.717) is 12.3 Å². The molecule has 0 bridgehead atoms. The molecule has 0 aliphatic heterocycles. The monoisotopic (exact) mass is 376 g/mol. The summed E-state index contributed by atoms with van der Waals surface area (Å²) in [5.41, 5.74) is 0. The molecule has 2 heteroatoms. The van der Waals surface area contributed by atoms with Crippen molar-refractivity contribution in [2.75, 3.05) is 6.61 Å². The zero-order valence-corrected chi connectivity index (χ0v) is 17.7. The van der Waals surface area contributed by atoms with E-state index in [1.165, 1.54) is 70.6 Å². The minimum Gasteiger partial charge on any atom is -0.491 e. The van der Waals surface area contributed by atoms with Crippen LogP contribution in [0.2, 0.25) is 0 Å². The number of alkyl halides is 1. The van der Waals surface area contributed by atoms with Crippen molar-refractivity contribution >= 4 is 0 Å². The molecule has 0 amide bonds. The number of rotatable bonds is 13. The van der Waals surface area contributed by atoms with Gasteiger partial charge in [0.15, 0.2) is 0 Å². The third kappa shape index (κ3) is 9.12. The number of hydrogen-bond donors (Lipinski definition) is 0. The van der Waals surface area contributed by atoms with Gasteiger partial charge >= 0.3 is 0 Å². The van der Waals surface area contributed by atoms with E-state index in [9.17, 15) is 4.39 Å². The fourth-order valence-electron chi connectivity index (χ4n) is 4.59. The Morgan fingerprint density at radius 2 is 1.63 bits per heavy atom. The Bertz CT molecular complexity index is 466. The maximum absolute atomic E-state index is 14.7. The summed E-state index contributed by atoms with van der Waals surface area (Å²) in [5.74, 6) is 2.91. The fourth-order valence-corrected chi connectivity index (χ4v) is 4.59. The average molecular weight is 377 g/mol. The molecule has 0 aromatic heterocycles. The van der Waals surface area contributed by atoms with E-state index >= 15 is 0 Å². The van der Waals surface area contributed by atoms with Crippen LogP contribution in [0.3, 0.4) is 0 Å². The molecule has 1 aromatic rings. The number of para-hydroxylation sites is 1. The minimum absolute atomic E-state index is 0.195. The number of halogens is 1. The molecule has 154 valence electrons. The molecule has 1 fully saturated rings. The van der Waals surface area contributed by atoms with Gasteiger partial charge in [0.2, 0.25) is 0 Å². The molecule has 1 nitrogen and oxygen atoms in total. The van der Waals surface area contributed by atoms with Crippen LogP contribution in [-0.2, 0) is 0 Å². The smallest absolute Gasteiger partial charge is 0.134 e. The molecule has 1 saturated carbocycles. The molecule has 2 unspecified atom stereocenters. The van der Waals surface area contributed by atoms with E-state index in [0.717, 1.165) is 17.6 Å². The third-order valence-electron chi connectivity index (χ3n) is 6.39. The topological polar surface area (TPSA) is 9.23 Å². The largest absolute Gasteiger partial charge is 0.491 e. The van der Waals surface area contributed by atoms with E-state index in [1.54, 1.807) is 0 Å². The number of benzene rings is 1. The number of ether oxygens (including phenoxy) is 1. The molecule has 1 aliphatic rings. The van der Waals surface area contributed by atoms with Gasteiger partial charge < -0.3 is 4.74 Å². The number of hydrogen-bond acceptors (Lipinski definition) is 1. The molecule has 0 radical (unpaired) electrons. The van der Waals surface area contributed by atoms with Crippen molar-refractivity contribution < 1.29 is 9.13 Å². The summed E-state index contributed by atoms with van der Waals surface area (Å²) in [6, 6.07) is 9.65. The van der Waals surface area contributed by atoms with Crippen molar-refractivity contribution in [1.29, 1.82) is 0 Å². The zero-order valence-electron chi connectivity index (χ0n) is 17.7. The van der Waals surface area contributed by atoms with Crippen molar-refractivity contribution in [3.05, 3.63) is 30.3 Å². The van der Waals surface area contributed by atoms with Gasteiger partial charge in [-0.25, -0.2) is 4.39 Å². The molecule has 0 spiro atoms. The lowest BCUT2D eigenvalue weighted by molar-refractivity contribution is 0.122. The Morgan fingerprint density at radius 1 is 0.963 bits per heavy atom. The second-order valence-corrected chi connectivity index (χ2v) is 8.79. The molecule has 0 N–H and O–H groups in total. The van der Waals surface area contributed by atoms with Crippen LogP contribution >= 0.6 is 0 Å². The Hall–Kier alpha value is -1.05. The van der Waals surface area contributed by atoms with Gasteiger partial charge in [0, 0.05) is 0 Å². The van der Waals surface area contributed by atoms with Gasteiger partial charge in [-0.15, -0.1) is 0 Å². The van der Waals surface area contributed by atoms with E-state index in [-0.39, 0.29) is 6.61 Å². The van der Waals surface area contributed by atoms with Crippen LogP contribution in [0.1, 0.15) is 90.9 Å². The van der Waals surface area contributed by atoms with Crippen LogP contribution in [0.5, 0.6) is 5.75 Å². The first-order chi connectivity index (χ1) is 13.2. The van der Waals surface area contributed by atoms with Gasteiger partial charge in [-0.2, -0.15) is 0 Å². The molecule has 0 saturated heterocycles. The third-order valence-corrected chi connectivity index (χ3v) is 6.39. The van der Waals surface area contributed by atoms with Crippen LogP contribution in [-0.4, -0.2) is 12.8 Å². The lowest BCUT2D eigenvalue weighted by Gasteiger charge is -2.33. The summed E-state index contributed by atoms with van der Waals surface area (Å²) in [4.78, 5) is 0. The fraction of sp³-hybridized carbons (Fsp3) is 0.760. The number of unbranched alkanes of at least 4 members (excludes halogenated alkanes) is 5. The first-order valence-corrected chi connectivity index (χ1v) is 11.5. The Morgan fingerprint density at radius 3 is 2.33 bits per heavy atom. The summed E-state index contributed by atoms with van der Waals surface area (Å²) in [7, 11) is 0. The second-order valence-electron chi connectivity index (χ2n) is 8.79. The summed E-state index contributed by atoms with van der Waals surface area (Å²) < 4.78 is 20.4. The first kappa shape index (κ1) is 22.2. The second kappa shape index (κ2) is 13.2. The SMILES string of the molecule is CCCCCCCCC(CC(F)COc1ccccc1)C1CCC(C)CC1. The predicted molar refractivity (Wildman–Crippen MR) is 114 cm³/mol. The minimum atomic E-state index is -0.852. The van der Waals surface area contributed by atoms with Gasteiger partial charge in [0.25, 0.3) is 0 Å². The highest BCUT2D eigenvalue weighted by Gasteiger charge is 2.28. The van der Waals surface area contributed by atoms with Gasteiger partial charge in [0.1, 0.15) is 18.5 Å². The van der Waals surface area contributed by atoms with Crippen LogP contribution in [0.4, 0.5) is 4.39 Å². The van der Waals surface area contributed by atoms with Gasteiger partial charge in [-0.05, 0) is 49.1 Å². The van der Waals surface area contributed by atoms with E-state index in [2.05, 4.69) is 13.8 Å². The summed E-state index contributed by atoms with van der Waals surface area (Å²) >= 11 is 0. The van der Waals surface area contributed by atoms with Crippen LogP contribution in [0.25, 0.3) is 0 Å². The van der Waals surface area contributed by atoms with Crippen molar-refractivity contribution in [1.82, 2.24) is 0 Å². The van der Waals surface area contributed by atoms with Crippen molar-refractivity contribution in [3.63, 3.8) is 0 Å². The normalized spacial score (nSPS) is 22.3. The van der Waals surface area contributed by atoms with Gasteiger partial charge in [-0.3, -0.25) is 0 Å². The Kier molecular flexibility index (Phi) is 10.9. The van der Waals surface area contributed by atoms with Crippen LogP contribution in [0, 0.1) is 17.8 Å². The van der Waals surface area contributed by atoms with Crippen LogP contribution in [0.15, 0.2) is 30.3 Å². The van der Waals surface area contributed by atoms with Gasteiger partial charge in [0.05, 0.1) is 0 Å². The molecule has 2 atom stereocenters. The predicted octanol–water partition coefficient (Wildman–Crippen LogP) is 7.99. The Balaban J connectivity index is 1.77. The van der Waals surface area contributed by atoms with Gasteiger partial charge in [-0.1, -0.05) is 89.8 Å². The van der Waals surface area contributed by atoms with Crippen molar-refractivity contribution in [2.45, 2.75) is 97.1 Å². The van der Waals surface area contributed by atoms with Crippen molar-refractivity contribution in [2.24, 2.45) is 17.8 Å². The summed E-state index contributed by atoms with van der Waals surface area (Å²) in [6.45, 7) is 4.82. The van der Waals surface area contributed by atoms with E-state index in [1.807, 2.05) is 30.3 Å². The maximum Gasteiger partial charge on any atom is 0.134 e. The standard InChI is InChI=1S/C25H41FO/c1-3-4-5-6-7-9-12-23(22-17-15-21(2)16-18-22)19-24(26)20-27-25-13-10-8-11-14-25/h8,10-11,13-14,21-24H,3-7,9,12,15-20H2,1-2H3. The lowest BCUT2D eigenvalue weighted by Crippen LogP contribution is -2.26. The molecule has 27 heavy (non-hydrogen) atoms. The zero-order chi connectivity index (χ0) is 19.3. The van der Waals surface area contributed by atoms with Crippen molar-refractivity contribution in [3.8, 4) is 5.75 Å². The molecule has 0 heterocycles. The highest BCUT2D eigenvalue weighted by molar-refractivity contribution is 5.20. The molecular formula is C25H41FO. The highest BCUT2D eigenvalue weighted by atomic mass is 19.1. The van der Waals surface area contributed by atoms with E-state index in [4.69, 9.17) is 4.74 Å². The Labute approximate surface area is 167 Å². The average Bonchev–Trinajstić information content (AvgIpc) is 2.69. The highest BCUT2D eigenvalue weighted by Crippen LogP contribution is 2.38. The molecule has 1 aliphatic carbocycles. The quantitative estimate of drug-likeness (QED) is 0.317. The molecule has 1 aromatic carbocycles.